The number of aliphatic hydroxyl groups is 2. The van der Waals surface area contributed by atoms with E-state index in [9.17, 15) is 29.9 Å². The molecule has 0 amide bonds. The maximum Gasteiger partial charge on any atom is 0.312 e. The van der Waals surface area contributed by atoms with Crippen LogP contribution in [0, 0.1) is 50.2 Å². The van der Waals surface area contributed by atoms with Crippen molar-refractivity contribution in [2.75, 3.05) is 7.11 Å². The second-order valence-corrected chi connectivity index (χ2v) is 14.4. The van der Waals surface area contributed by atoms with Crippen molar-refractivity contribution in [3.05, 3.63) is 23.3 Å². The quantitative estimate of drug-likeness (QED) is 0.493. The molecule has 5 aliphatic rings. The highest BCUT2D eigenvalue weighted by Crippen LogP contribution is 2.75. The van der Waals surface area contributed by atoms with Crippen LogP contribution in [-0.4, -0.2) is 46.1 Å². The molecule has 5 aliphatic carbocycles. The molecule has 38 heavy (non-hydrogen) atoms. The number of hydrogen-bond acceptors (Lipinski definition) is 7. The van der Waals surface area contributed by atoms with Gasteiger partial charge in [-0.2, -0.15) is 5.26 Å². The lowest BCUT2D eigenvalue weighted by molar-refractivity contribution is -0.248. The average molecular weight is 524 g/mol. The summed E-state index contributed by atoms with van der Waals surface area (Å²) in [6.07, 6.45) is 7.12. The van der Waals surface area contributed by atoms with Crippen molar-refractivity contribution in [3.8, 4) is 6.07 Å². The fourth-order valence-corrected chi connectivity index (χ4v) is 9.87. The van der Waals surface area contributed by atoms with Gasteiger partial charge in [0.1, 0.15) is 17.3 Å². The first-order valence-corrected chi connectivity index (χ1v) is 13.9. The number of esters is 1. The molecule has 0 aliphatic heterocycles. The smallest absolute Gasteiger partial charge is 0.312 e. The van der Waals surface area contributed by atoms with Gasteiger partial charge in [0.05, 0.1) is 18.1 Å². The Morgan fingerprint density at radius 1 is 1.00 bits per heavy atom. The molecule has 3 saturated carbocycles. The van der Waals surface area contributed by atoms with Crippen LogP contribution in [0.1, 0.15) is 86.5 Å². The number of rotatable bonds is 1. The molecule has 0 saturated heterocycles. The number of Topliss-reactive ketones (excluding diaryl/α,β-unsaturated/α-hetero) is 1. The Morgan fingerprint density at radius 2 is 1.63 bits per heavy atom. The second kappa shape index (κ2) is 7.67. The van der Waals surface area contributed by atoms with Crippen LogP contribution in [0.4, 0.5) is 0 Å². The summed E-state index contributed by atoms with van der Waals surface area (Å²) in [6, 6.07) is 1.97. The molecule has 0 aromatic carbocycles. The summed E-state index contributed by atoms with van der Waals surface area (Å²) >= 11 is 0. The summed E-state index contributed by atoms with van der Waals surface area (Å²) in [5.74, 6) is -2.46. The molecular weight excluding hydrogens is 482 g/mol. The summed E-state index contributed by atoms with van der Waals surface area (Å²) < 4.78 is 5.31. The van der Waals surface area contributed by atoms with Crippen LogP contribution in [0.25, 0.3) is 0 Å². The van der Waals surface area contributed by atoms with E-state index >= 15 is 0 Å². The Balaban J connectivity index is 1.75. The Morgan fingerprint density at radius 3 is 2.24 bits per heavy atom. The Kier molecular flexibility index (Phi) is 5.50. The van der Waals surface area contributed by atoms with Gasteiger partial charge >= 0.3 is 5.97 Å². The van der Waals surface area contributed by atoms with Crippen LogP contribution in [-0.2, 0) is 19.1 Å². The highest BCUT2D eigenvalue weighted by Gasteiger charge is 2.77. The van der Waals surface area contributed by atoms with Gasteiger partial charge in [-0.05, 0) is 74.3 Å². The monoisotopic (exact) mass is 523 g/mol. The number of fused-ring (bicyclic) bond motifs is 7. The van der Waals surface area contributed by atoms with Crippen LogP contribution in [0.15, 0.2) is 23.3 Å². The van der Waals surface area contributed by atoms with Gasteiger partial charge in [0.15, 0.2) is 5.78 Å². The largest absolute Gasteiger partial charge is 0.469 e. The highest BCUT2D eigenvalue weighted by molar-refractivity contribution is 6.07. The minimum Gasteiger partial charge on any atom is -0.469 e. The van der Waals surface area contributed by atoms with Crippen LogP contribution in [0.3, 0.4) is 0 Å². The molecule has 7 heteroatoms. The molecule has 5 rings (SSSR count). The van der Waals surface area contributed by atoms with E-state index in [0.29, 0.717) is 38.5 Å². The topological polar surface area (TPSA) is 125 Å². The van der Waals surface area contributed by atoms with Crippen LogP contribution >= 0.6 is 0 Å². The van der Waals surface area contributed by atoms with Crippen LogP contribution in [0.2, 0.25) is 0 Å². The first-order chi connectivity index (χ1) is 17.4. The molecule has 0 bridgehead atoms. The fraction of sp³-hybridized carbons (Fsp3) is 0.742. The van der Waals surface area contributed by atoms with E-state index in [4.69, 9.17) is 4.74 Å². The molecule has 0 heterocycles. The van der Waals surface area contributed by atoms with Crippen molar-refractivity contribution in [2.45, 2.75) is 97.7 Å². The maximum atomic E-state index is 14.4. The summed E-state index contributed by atoms with van der Waals surface area (Å²) in [5, 5.41) is 33.9. The lowest BCUT2D eigenvalue weighted by Gasteiger charge is -2.71. The van der Waals surface area contributed by atoms with Crippen molar-refractivity contribution in [3.63, 3.8) is 0 Å². The van der Waals surface area contributed by atoms with Gasteiger partial charge in [-0.15, -0.1) is 0 Å². The van der Waals surface area contributed by atoms with Gasteiger partial charge in [-0.1, -0.05) is 40.7 Å². The van der Waals surface area contributed by atoms with E-state index in [-0.39, 0.29) is 17.0 Å². The molecule has 3 fully saturated rings. The molecular formula is C31H41NO6. The number of allylic oxidation sites excluding steroid dienone is 2. The van der Waals surface area contributed by atoms with Crippen molar-refractivity contribution in [1.82, 2.24) is 0 Å². The zero-order valence-corrected chi connectivity index (χ0v) is 23.7. The normalized spacial score (nSPS) is 49.3. The molecule has 0 spiro atoms. The number of methoxy groups -OCH3 is 1. The standard InChI is InChI=1S/C31H41NO6/c1-25(2)10-12-30(24(35)38-7)13-11-28(5)27(4)9-8-19-26(3,15-18(17-32)23(34)29(19,6)36)20(27)14-22(33)31(28,37)21(30)16-25/h14-15,19,21,36-37H,8-13,16H2,1-7H3/t19-,21?,26+,27-,28+,29?,30+,31-/m1/s1. The van der Waals surface area contributed by atoms with E-state index < -0.39 is 56.3 Å². The zero-order chi connectivity index (χ0) is 28.3. The number of hydrogen-bond donors (Lipinski definition) is 2. The number of nitriles is 1. The van der Waals surface area contributed by atoms with Gasteiger partial charge in [-0.25, -0.2) is 0 Å². The second-order valence-electron chi connectivity index (χ2n) is 14.4. The number of nitrogens with zero attached hydrogens (tertiary/aromatic N) is 1. The number of ether oxygens (including phenoxy) is 1. The van der Waals surface area contributed by atoms with Gasteiger partial charge in [0, 0.05) is 22.7 Å². The lowest BCUT2D eigenvalue weighted by atomic mass is 9.33. The average Bonchev–Trinajstić information content (AvgIpc) is 2.85. The summed E-state index contributed by atoms with van der Waals surface area (Å²) in [5.41, 5.74) is -6.43. The minimum absolute atomic E-state index is 0.0975. The van der Waals surface area contributed by atoms with E-state index in [1.807, 2.05) is 19.9 Å². The van der Waals surface area contributed by atoms with Gasteiger partial charge in [0.25, 0.3) is 0 Å². The Hall–Kier alpha value is -2.30. The van der Waals surface area contributed by atoms with E-state index in [0.717, 1.165) is 12.0 Å². The summed E-state index contributed by atoms with van der Waals surface area (Å²) in [6.45, 7) is 11.7. The lowest BCUT2D eigenvalue weighted by Crippen LogP contribution is -2.75. The number of carbonyl (C=O) groups excluding carboxylic acids is 3. The number of ketones is 2. The maximum absolute atomic E-state index is 14.4. The molecule has 0 aromatic rings. The predicted octanol–water partition coefficient (Wildman–Crippen LogP) is 4.22. The van der Waals surface area contributed by atoms with E-state index in [2.05, 4.69) is 20.8 Å². The molecule has 0 aromatic heterocycles. The number of carbonyl (C=O) groups is 3. The molecule has 206 valence electrons. The van der Waals surface area contributed by atoms with Crippen molar-refractivity contribution in [1.29, 1.82) is 5.26 Å². The Labute approximate surface area is 225 Å². The van der Waals surface area contributed by atoms with Crippen molar-refractivity contribution in [2.24, 2.45) is 38.9 Å². The summed E-state index contributed by atoms with van der Waals surface area (Å²) in [7, 11) is 1.38. The molecule has 0 radical (unpaired) electrons. The fourth-order valence-electron chi connectivity index (χ4n) is 9.87. The molecule has 7 nitrogen and oxygen atoms in total. The van der Waals surface area contributed by atoms with Crippen LogP contribution < -0.4 is 0 Å². The van der Waals surface area contributed by atoms with Crippen molar-refractivity contribution < 1.29 is 29.3 Å². The van der Waals surface area contributed by atoms with Gasteiger partial charge in [0.2, 0.25) is 5.78 Å². The Bertz CT molecular complexity index is 1250. The van der Waals surface area contributed by atoms with Gasteiger partial charge in [-0.3, -0.25) is 14.4 Å². The SMILES string of the molecule is COC(=O)[C@]12CCC(C)(C)CC1[C@@]1(O)C(=O)C=C3[C@@]4(C)C=C(C#N)C(=O)C(C)(O)[C@@H]4CC[C@@]3(C)[C@]1(C)CC2. The predicted molar refractivity (Wildman–Crippen MR) is 139 cm³/mol. The first kappa shape index (κ1) is 27.3. The molecule has 8 atom stereocenters. The minimum atomic E-state index is -1.78. The van der Waals surface area contributed by atoms with E-state index in [1.54, 1.807) is 12.2 Å². The third kappa shape index (κ3) is 2.89. The third-order valence-electron chi connectivity index (χ3n) is 12.3. The van der Waals surface area contributed by atoms with Gasteiger partial charge < -0.3 is 14.9 Å². The van der Waals surface area contributed by atoms with Crippen LogP contribution in [0.5, 0.6) is 0 Å². The highest BCUT2D eigenvalue weighted by atomic mass is 16.5. The third-order valence-corrected chi connectivity index (χ3v) is 12.3. The molecule has 2 N–H and O–H groups in total. The summed E-state index contributed by atoms with van der Waals surface area (Å²) in [4.78, 5) is 40.7. The zero-order valence-electron chi connectivity index (χ0n) is 23.7. The van der Waals surface area contributed by atoms with Crippen molar-refractivity contribution >= 4 is 17.5 Å². The first-order valence-electron chi connectivity index (χ1n) is 13.9. The van der Waals surface area contributed by atoms with E-state index in [1.165, 1.54) is 14.0 Å². The molecule has 2 unspecified atom stereocenters.